The van der Waals surface area contributed by atoms with E-state index < -0.39 is 0 Å². The minimum Gasteiger partial charge on any atom is -0.364 e. The van der Waals surface area contributed by atoms with Crippen LogP contribution in [-0.2, 0) is 6.54 Å². The zero-order chi connectivity index (χ0) is 13.7. The molecule has 0 aliphatic rings. The van der Waals surface area contributed by atoms with Gasteiger partial charge in [0.1, 0.15) is 17.5 Å². The molecule has 0 bridgehead atoms. The van der Waals surface area contributed by atoms with E-state index >= 15 is 0 Å². The Labute approximate surface area is 111 Å². The third kappa shape index (κ3) is 3.59. The Hall–Kier alpha value is -2.28. The lowest BCUT2D eigenvalue weighted by Gasteiger charge is -2.10. The maximum Gasteiger partial charge on any atom is 0.145 e. The summed E-state index contributed by atoms with van der Waals surface area (Å²) in [5.74, 6) is 7.65. The molecule has 0 atom stereocenters. The fraction of sp³-hybridized carbons (Fsp3) is 0.333. The molecule has 0 aromatic carbocycles. The van der Waals surface area contributed by atoms with Crippen molar-refractivity contribution in [3.05, 3.63) is 35.9 Å². The fourth-order valence-corrected chi connectivity index (χ4v) is 1.50. The highest BCUT2D eigenvalue weighted by atomic mass is 15.3. The Kier molecular flexibility index (Phi) is 4.19. The average Bonchev–Trinajstić information content (AvgIpc) is 2.45. The molecule has 0 fully saturated rings. The summed E-state index contributed by atoms with van der Waals surface area (Å²) in [6.45, 7) is 4.61. The Balaban J connectivity index is 2.13. The van der Waals surface area contributed by atoms with E-state index in [4.69, 9.17) is 5.84 Å². The fourth-order valence-electron chi connectivity index (χ4n) is 1.50. The van der Waals surface area contributed by atoms with Gasteiger partial charge in [-0.05, 0) is 12.1 Å². The largest absolute Gasteiger partial charge is 0.364 e. The molecule has 0 saturated heterocycles. The molecule has 0 aliphatic heterocycles. The van der Waals surface area contributed by atoms with Gasteiger partial charge in [0.25, 0.3) is 0 Å². The molecule has 2 rings (SSSR count). The maximum atomic E-state index is 5.40. The van der Waals surface area contributed by atoms with Crippen molar-refractivity contribution >= 4 is 11.6 Å². The van der Waals surface area contributed by atoms with E-state index in [1.165, 1.54) is 0 Å². The molecule has 0 saturated carbocycles. The highest BCUT2D eigenvalue weighted by molar-refractivity contribution is 5.47. The summed E-state index contributed by atoms with van der Waals surface area (Å²) in [4.78, 5) is 8.72. The molecule has 0 aliphatic carbocycles. The quantitative estimate of drug-likeness (QED) is 0.549. The van der Waals surface area contributed by atoms with Gasteiger partial charge >= 0.3 is 0 Å². The zero-order valence-corrected chi connectivity index (χ0v) is 11.0. The summed E-state index contributed by atoms with van der Waals surface area (Å²) in [6.07, 6.45) is 1.64. The van der Waals surface area contributed by atoms with Crippen LogP contribution in [0.4, 0.5) is 11.6 Å². The molecule has 0 spiro atoms. The number of nitrogens with one attached hydrogen (secondary N) is 2. The molecule has 2 aromatic rings. The standard InChI is InChI=1S/C12H17N7/c1-8(2)12-16-10(6-11(17-12)18-13)14-7-9-4-3-5-15-19-9/h3-6,8H,7,13H2,1-2H3,(H2,14,16,17,18). The van der Waals surface area contributed by atoms with Gasteiger partial charge in [-0.25, -0.2) is 15.8 Å². The minimum atomic E-state index is 0.227. The van der Waals surface area contributed by atoms with Crippen molar-refractivity contribution in [1.82, 2.24) is 20.2 Å². The van der Waals surface area contributed by atoms with E-state index in [1.807, 2.05) is 26.0 Å². The molecule has 0 radical (unpaired) electrons. The van der Waals surface area contributed by atoms with Crippen molar-refractivity contribution in [3.63, 3.8) is 0 Å². The van der Waals surface area contributed by atoms with E-state index in [2.05, 4.69) is 30.9 Å². The number of anilines is 2. The van der Waals surface area contributed by atoms with Crippen LogP contribution in [0.15, 0.2) is 24.4 Å². The first-order valence-corrected chi connectivity index (χ1v) is 6.05. The predicted octanol–water partition coefficient (Wildman–Crippen LogP) is 1.29. The van der Waals surface area contributed by atoms with Crippen LogP contribution in [0, 0.1) is 0 Å². The van der Waals surface area contributed by atoms with Crippen LogP contribution in [0.1, 0.15) is 31.3 Å². The summed E-state index contributed by atoms with van der Waals surface area (Å²) in [5.41, 5.74) is 3.38. The third-order valence-electron chi connectivity index (χ3n) is 2.49. The van der Waals surface area contributed by atoms with Gasteiger partial charge in [-0.3, -0.25) is 0 Å². The molecule has 0 amide bonds. The van der Waals surface area contributed by atoms with Crippen LogP contribution in [0.5, 0.6) is 0 Å². The van der Waals surface area contributed by atoms with Crippen LogP contribution in [0.25, 0.3) is 0 Å². The van der Waals surface area contributed by atoms with Gasteiger partial charge in [0.2, 0.25) is 0 Å². The summed E-state index contributed by atoms with van der Waals surface area (Å²) in [5, 5.41) is 11.0. The number of hydrogen-bond donors (Lipinski definition) is 3. The summed E-state index contributed by atoms with van der Waals surface area (Å²) in [7, 11) is 0. The first-order valence-electron chi connectivity index (χ1n) is 6.05. The number of aromatic nitrogens is 4. The van der Waals surface area contributed by atoms with Crippen molar-refractivity contribution in [1.29, 1.82) is 0 Å². The van der Waals surface area contributed by atoms with Crippen LogP contribution < -0.4 is 16.6 Å². The van der Waals surface area contributed by atoms with Crippen molar-refractivity contribution < 1.29 is 0 Å². The lowest BCUT2D eigenvalue weighted by Crippen LogP contribution is -2.13. The van der Waals surface area contributed by atoms with Gasteiger partial charge in [-0.15, -0.1) is 0 Å². The van der Waals surface area contributed by atoms with Crippen molar-refractivity contribution in [2.45, 2.75) is 26.3 Å². The summed E-state index contributed by atoms with van der Waals surface area (Å²) >= 11 is 0. The lowest BCUT2D eigenvalue weighted by atomic mass is 10.2. The SMILES string of the molecule is CC(C)c1nc(NN)cc(NCc2cccnn2)n1. The monoisotopic (exact) mass is 259 g/mol. The van der Waals surface area contributed by atoms with Crippen LogP contribution in [-0.4, -0.2) is 20.2 Å². The van der Waals surface area contributed by atoms with E-state index in [-0.39, 0.29) is 5.92 Å². The van der Waals surface area contributed by atoms with E-state index in [0.717, 1.165) is 11.5 Å². The second kappa shape index (κ2) is 6.05. The van der Waals surface area contributed by atoms with Gasteiger partial charge in [0.05, 0.1) is 12.2 Å². The Morgan fingerprint density at radius 2 is 2.05 bits per heavy atom. The van der Waals surface area contributed by atoms with Crippen LogP contribution in [0.2, 0.25) is 0 Å². The molecule has 100 valence electrons. The molecule has 2 aromatic heterocycles. The van der Waals surface area contributed by atoms with Gasteiger partial charge in [-0.2, -0.15) is 10.2 Å². The first-order chi connectivity index (χ1) is 9.19. The number of hydrogen-bond acceptors (Lipinski definition) is 7. The second-order valence-electron chi connectivity index (χ2n) is 4.36. The van der Waals surface area contributed by atoms with Crippen molar-refractivity contribution in [2.75, 3.05) is 10.7 Å². The van der Waals surface area contributed by atoms with Gasteiger partial charge in [-0.1, -0.05) is 13.8 Å². The maximum absolute atomic E-state index is 5.40. The zero-order valence-electron chi connectivity index (χ0n) is 11.0. The van der Waals surface area contributed by atoms with Gasteiger partial charge < -0.3 is 10.7 Å². The first kappa shape index (κ1) is 13.2. The molecule has 7 nitrogen and oxygen atoms in total. The Morgan fingerprint density at radius 1 is 1.26 bits per heavy atom. The molecule has 19 heavy (non-hydrogen) atoms. The molecular formula is C12H17N7. The van der Waals surface area contributed by atoms with Crippen molar-refractivity contribution in [2.24, 2.45) is 5.84 Å². The van der Waals surface area contributed by atoms with Gasteiger partial charge in [0.15, 0.2) is 0 Å². The van der Waals surface area contributed by atoms with E-state index in [0.29, 0.717) is 18.2 Å². The smallest absolute Gasteiger partial charge is 0.145 e. The molecule has 0 unspecified atom stereocenters. The number of nitrogens with zero attached hydrogens (tertiary/aromatic N) is 4. The second-order valence-corrected chi connectivity index (χ2v) is 4.36. The van der Waals surface area contributed by atoms with Gasteiger partial charge in [0, 0.05) is 18.2 Å². The average molecular weight is 259 g/mol. The van der Waals surface area contributed by atoms with E-state index in [1.54, 1.807) is 12.3 Å². The molecule has 2 heterocycles. The normalized spacial score (nSPS) is 10.5. The molecule has 4 N–H and O–H groups in total. The van der Waals surface area contributed by atoms with Crippen molar-refractivity contribution in [3.8, 4) is 0 Å². The molecular weight excluding hydrogens is 242 g/mol. The number of nitrogen functional groups attached to an aromatic ring is 1. The molecule has 7 heteroatoms. The number of rotatable bonds is 5. The topological polar surface area (TPSA) is 102 Å². The lowest BCUT2D eigenvalue weighted by molar-refractivity contribution is 0.774. The predicted molar refractivity (Wildman–Crippen MR) is 73.3 cm³/mol. The summed E-state index contributed by atoms with van der Waals surface area (Å²) < 4.78 is 0. The number of hydrazine groups is 1. The van der Waals surface area contributed by atoms with Crippen LogP contribution in [0.3, 0.4) is 0 Å². The Bertz CT molecular complexity index is 527. The van der Waals surface area contributed by atoms with Crippen LogP contribution >= 0.6 is 0 Å². The highest BCUT2D eigenvalue weighted by Crippen LogP contribution is 2.16. The Morgan fingerprint density at radius 3 is 2.68 bits per heavy atom. The third-order valence-corrected chi connectivity index (χ3v) is 2.49. The number of nitrogens with two attached hydrogens (primary N) is 1. The minimum absolute atomic E-state index is 0.227. The summed E-state index contributed by atoms with van der Waals surface area (Å²) in [6, 6.07) is 5.49. The van der Waals surface area contributed by atoms with E-state index in [9.17, 15) is 0 Å². The highest BCUT2D eigenvalue weighted by Gasteiger charge is 2.07.